The first kappa shape index (κ1) is 15.5. The van der Waals surface area contributed by atoms with Crippen LogP contribution >= 0.6 is 0 Å². The molecule has 0 aromatic heterocycles. The van der Waals surface area contributed by atoms with Gasteiger partial charge in [-0.1, -0.05) is 13.2 Å². The van der Waals surface area contributed by atoms with Crippen molar-refractivity contribution in [3.8, 4) is 0 Å². The molecular weight excluding hydrogens is 202 g/mol. The van der Waals surface area contributed by atoms with E-state index in [1.807, 2.05) is 0 Å². The average Bonchev–Trinajstić information content (AvgIpc) is 2.18. The standard InChI is InChI=1S/C5H7NO3.C4H6O2/c1-2-4(7)9-5(8)3-6;1-3(2)4(5)6/h2H,1,3,6H2;1H2,2H3,(H,5,6). The monoisotopic (exact) mass is 215 g/mol. The third-order valence-corrected chi connectivity index (χ3v) is 0.913. The first-order valence-electron chi connectivity index (χ1n) is 3.81. The molecule has 0 rings (SSSR count). The lowest BCUT2D eigenvalue weighted by Crippen LogP contribution is -2.19. The van der Waals surface area contributed by atoms with Crippen LogP contribution < -0.4 is 5.73 Å². The Kier molecular flexibility index (Phi) is 8.94. The quantitative estimate of drug-likeness (QED) is 0.385. The maximum absolute atomic E-state index is 10.2. The highest BCUT2D eigenvalue weighted by Crippen LogP contribution is 1.81. The highest BCUT2D eigenvalue weighted by molar-refractivity contribution is 5.92. The molecule has 3 N–H and O–H groups in total. The number of carboxylic acid groups (broad SMARTS) is 1. The lowest BCUT2D eigenvalue weighted by atomic mass is 10.4. The molecule has 0 aliphatic heterocycles. The van der Waals surface area contributed by atoms with Crippen LogP contribution in [0.15, 0.2) is 24.8 Å². The van der Waals surface area contributed by atoms with Gasteiger partial charge >= 0.3 is 17.9 Å². The Labute approximate surface area is 87.0 Å². The molecule has 0 fully saturated rings. The number of aliphatic carboxylic acids is 1. The zero-order valence-electron chi connectivity index (χ0n) is 8.36. The van der Waals surface area contributed by atoms with Gasteiger partial charge in [0.2, 0.25) is 0 Å². The van der Waals surface area contributed by atoms with Gasteiger partial charge in [-0.2, -0.15) is 0 Å². The number of carbonyl (C=O) groups is 3. The second-order valence-corrected chi connectivity index (χ2v) is 2.29. The Morgan fingerprint density at radius 2 is 1.87 bits per heavy atom. The molecule has 0 aliphatic carbocycles. The molecule has 0 bridgehead atoms. The van der Waals surface area contributed by atoms with Crippen LogP contribution in [-0.4, -0.2) is 29.6 Å². The number of ether oxygens (including phenoxy) is 1. The number of carbonyl (C=O) groups excluding carboxylic acids is 2. The second-order valence-electron chi connectivity index (χ2n) is 2.29. The molecule has 6 heteroatoms. The highest BCUT2D eigenvalue weighted by atomic mass is 16.6. The summed E-state index contributed by atoms with van der Waals surface area (Å²) in [5.74, 6) is -2.46. The molecule has 0 saturated carbocycles. The minimum absolute atomic E-state index is 0.176. The number of carboxylic acids is 1. The smallest absolute Gasteiger partial charge is 0.337 e. The lowest BCUT2D eigenvalue weighted by molar-refractivity contribution is -0.155. The Morgan fingerprint density at radius 3 is 2.07 bits per heavy atom. The molecule has 0 spiro atoms. The molecule has 0 aromatic rings. The maximum atomic E-state index is 10.2. The predicted octanol–water partition coefficient (Wildman–Crippen LogP) is -0.152. The van der Waals surface area contributed by atoms with Gasteiger partial charge in [-0.3, -0.25) is 4.79 Å². The summed E-state index contributed by atoms with van der Waals surface area (Å²) in [7, 11) is 0. The topological polar surface area (TPSA) is 107 Å². The van der Waals surface area contributed by atoms with Crippen LogP contribution in [0.2, 0.25) is 0 Å². The average molecular weight is 215 g/mol. The molecule has 0 aliphatic rings. The maximum Gasteiger partial charge on any atom is 0.337 e. The summed E-state index contributed by atoms with van der Waals surface area (Å²) in [4.78, 5) is 29.9. The first-order valence-corrected chi connectivity index (χ1v) is 3.81. The molecule has 0 atom stereocenters. The molecule has 0 heterocycles. The van der Waals surface area contributed by atoms with Gasteiger partial charge in [0, 0.05) is 11.6 Å². The minimum atomic E-state index is -0.935. The molecule has 84 valence electrons. The van der Waals surface area contributed by atoms with Crippen molar-refractivity contribution >= 4 is 17.9 Å². The van der Waals surface area contributed by atoms with Crippen LogP contribution in [0.25, 0.3) is 0 Å². The number of hydrogen-bond donors (Lipinski definition) is 2. The van der Waals surface area contributed by atoms with Crippen molar-refractivity contribution in [3.63, 3.8) is 0 Å². The summed E-state index contributed by atoms with van der Waals surface area (Å²) in [6.07, 6.45) is 0.896. The molecule has 15 heavy (non-hydrogen) atoms. The number of nitrogens with two attached hydrogens (primary N) is 1. The highest BCUT2D eigenvalue weighted by Gasteiger charge is 2.01. The molecule has 0 unspecified atom stereocenters. The van der Waals surface area contributed by atoms with E-state index in [4.69, 9.17) is 10.8 Å². The van der Waals surface area contributed by atoms with Crippen LogP contribution in [0, 0.1) is 0 Å². The van der Waals surface area contributed by atoms with Crippen molar-refractivity contribution < 1.29 is 24.2 Å². The number of hydrogen-bond acceptors (Lipinski definition) is 5. The lowest BCUT2D eigenvalue weighted by Gasteiger charge is -1.93. The molecular formula is C9H13NO5. The van der Waals surface area contributed by atoms with Crippen molar-refractivity contribution in [2.24, 2.45) is 5.73 Å². The fourth-order valence-corrected chi connectivity index (χ4v) is 0.196. The van der Waals surface area contributed by atoms with Gasteiger partial charge in [0.05, 0.1) is 6.54 Å². The Hall–Kier alpha value is -1.95. The summed E-state index contributed by atoms with van der Waals surface area (Å²) in [5.41, 5.74) is 4.99. The van der Waals surface area contributed by atoms with E-state index in [2.05, 4.69) is 17.9 Å². The zero-order valence-corrected chi connectivity index (χ0v) is 8.36. The second kappa shape index (κ2) is 8.64. The van der Waals surface area contributed by atoms with Gasteiger partial charge in [-0.25, -0.2) is 9.59 Å². The molecule has 0 radical (unpaired) electrons. The van der Waals surface area contributed by atoms with Crippen LogP contribution in [0.1, 0.15) is 6.92 Å². The van der Waals surface area contributed by atoms with Crippen LogP contribution in [-0.2, 0) is 19.1 Å². The van der Waals surface area contributed by atoms with E-state index in [0.29, 0.717) is 0 Å². The van der Waals surface area contributed by atoms with Crippen LogP contribution in [0.4, 0.5) is 0 Å². The van der Waals surface area contributed by atoms with Crippen molar-refractivity contribution in [1.82, 2.24) is 0 Å². The van der Waals surface area contributed by atoms with Gasteiger partial charge in [-0.05, 0) is 6.92 Å². The predicted molar refractivity (Wildman–Crippen MR) is 52.8 cm³/mol. The SMILES string of the molecule is C=C(C)C(=O)O.C=CC(=O)OC(=O)CN. The number of esters is 2. The minimum Gasteiger partial charge on any atom is -0.478 e. The fourth-order valence-electron chi connectivity index (χ4n) is 0.196. The summed E-state index contributed by atoms with van der Waals surface area (Å²) in [6.45, 7) is 7.39. The zero-order chi connectivity index (χ0) is 12.4. The summed E-state index contributed by atoms with van der Waals surface area (Å²) >= 11 is 0. The first-order chi connectivity index (χ1) is 6.84. The van der Waals surface area contributed by atoms with Crippen molar-refractivity contribution in [2.75, 3.05) is 6.54 Å². The van der Waals surface area contributed by atoms with E-state index in [1.165, 1.54) is 6.92 Å². The summed E-state index contributed by atoms with van der Waals surface area (Å²) in [6, 6.07) is 0. The van der Waals surface area contributed by atoms with E-state index >= 15 is 0 Å². The molecule has 6 nitrogen and oxygen atoms in total. The van der Waals surface area contributed by atoms with Gasteiger partial charge in [-0.15, -0.1) is 0 Å². The summed E-state index contributed by atoms with van der Waals surface area (Å²) < 4.78 is 4.03. The largest absolute Gasteiger partial charge is 0.478 e. The van der Waals surface area contributed by atoms with E-state index < -0.39 is 17.9 Å². The normalized spacial score (nSPS) is 7.87. The van der Waals surface area contributed by atoms with Crippen LogP contribution in [0.5, 0.6) is 0 Å². The molecule has 0 aromatic carbocycles. The van der Waals surface area contributed by atoms with Crippen molar-refractivity contribution in [1.29, 1.82) is 0 Å². The number of rotatable bonds is 3. The molecule has 0 amide bonds. The summed E-state index contributed by atoms with van der Waals surface area (Å²) in [5, 5.41) is 7.89. The van der Waals surface area contributed by atoms with E-state index in [1.54, 1.807) is 0 Å². The third-order valence-electron chi connectivity index (χ3n) is 0.913. The van der Waals surface area contributed by atoms with Crippen LogP contribution in [0.3, 0.4) is 0 Å². The van der Waals surface area contributed by atoms with Crippen molar-refractivity contribution in [3.05, 3.63) is 24.8 Å². The van der Waals surface area contributed by atoms with Gasteiger partial charge in [0.15, 0.2) is 0 Å². The van der Waals surface area contributed by atoms with Gasteiger partial charge in [0.1, 0.15) is 0 Å². The van der Waals surface area contributed by atoms with E-state index in [9.17, 15) is 14.4 Å². The van der Waals surface area contributed by atoms with Gasteiger partial charge in [0.25, 0.3) is 0 Å². The third kappa shape index (κ3) is 12.1. The molecule has 0 saturated heterocycles. The van der Waals surface area contributed by atoms with Crippen molar-refractivity contribution in [2.45, 2.75) is 6.92 Å². The van der Waals surface area contributed by atoms with E-state index in [-0.39, 0.29) is 12.1 Å². The Balaban J connectivity index is 0. The van der Waals surface area contributed by atoms with Gasteiger partial charge < -0.3 is 15.6 Å². The fraction of sp³-hybridized carbons (Fsp3) is 0.222. The van der Waals surface area contributed by atoms with E-state index in [0.717, 1.165) is 6.08 Å². The Morgan fingerprint density at radius 1 is 1.47 bits per heavy atom. The Bertz CT molecular complexity index is 270.